The van der Waals surface area contributed by atoms with Crippen LogP contribution in [-0.4, -0.2) is 34.0 Å². The van der Waals surface area contributed by atoms with Gasteiger partial charge in [-0.05, 0) is 61.7 Å². The van der Waals surface area contributed by atoms with Crippen LogP contribution in [0.4, 0.5) is 0 Å². The largest absolute Gasteiger partial charge is 0.495 e. The lowest BCUT2D eigenvalue weighted by atomic mass is 9.96. The molecule has 1 unspecified atom stereocenters. The summed E-state index contributed by atoms with van der Waals surface area (Å²) < 4.78 is 43.9. The molecular weight excluding hydrogens is 370 g/mol. The molecule has 0 radical (unpaired) electrons. The summed E-state index contributed by atoms with van der Waals surface area (Å²) >= 11 is 0. The molecule has 2 aromatic carbocycles. The van der Waals surface area contributed by atoms with Crippen molar-refractivity contribution in [2.45, 2.75) is 31.3 Å². The summed E-state index contributed by atoms with van der Waals surface area (Å²) in [5.74, 6) is 1.37. The van der Waals surface area contributed by atoms with Crippen LogP contribution in [0.1, 0.15) is 23.6 Å². The standard InChI is InChI=1S/C19H23NO6S/c1-12-7-17(24-4)18(8-13(12)2)27(22,23)20-10-19(3,21)14-5-6-15-16(9-14)26-11-25-15/h5-9,20-21H,10-11H2,1-4H3. The Hall–Kier alpha value is -2.29. The highest BCUT2D eigenvalue weighted by Crippen LogP contribution is 2.36. The fourth-order valence-electron chi connectivity index (χ4n) is 2.78. The van der Waals surface area contributed by atoms with Crippen LogP contribution in [0.15, 0.2) is 35.2 Å². The summed E-state index contributed by atoms with van der Waals surface area (Å²) in [6.07, 6.45) is 0. The Balaban J connectivity index is 1.83. The predicted octanol–water partition coefficient (Wildman–Crippen LogP) is 2.23. The Bertz CT molecular complexity index is 968. The first-order valence-electron chi connectivity index (χ1n) is 8.41. The van der Waals surface area contributed by atoms with Crippen molar-refractivity contribution < 1.29 is 27.7 Å². The molecule has 8 heteroatoms. The average Bonchev–Trinajstić information content (AvgIpc) is 3.10. The van der Waals surface area contributed by atoms with Gasteiger partial charge in [-0.15, -0.1) is 0 Å². The summed E-state index contributed by atoms with van der Waals surface area (Å²) in [7, 11) is -2.46. The van der Waals surface area contributed by atoms with Crippen molar-refractivity contribution in [3.8, 4) is 17.2 Å². The highest BCUT2D eigenvalue weighted by Gasteiger charge is 2.29. The maximum absolute atomic E-state index is 12.8. The minimum Gasteiger partial charge on any atom is -0.495 e. The molecule has 1 heterocycles. The zero-order valence-electron chi connectivity index (χ0n) is 15.7. The number of hydrogen-bond acceptors (Lipinski definition) is 6. The van der Waals surface area contributed by atoms with E-state index >= 15 is 0 Å². The number of hydrogen-bond donors (Lipinski definition) is 2. The molecule has 1 atom stereocenters. The molecule has 0 saturated carbocycles. The summed E-state index contributed by atoms with van der Waals surface area (Å²) in [4.78, 5) is 0.0367. The van der Waals surface area contributed by atoms with Gasteiger partial charge in [-0.3, -0.25) is 0 Å². The number of nitrogens with one attached hydrogen (secondary N) is 1. The number of benzene rings is 2. The molecule has 0 amide bonds. The van der Waals surface area contributed by atoms with Gasteiger partial charge < -0.3 is 19.3 Å². The molecule has 3 rings (SSSR count). The lowest BCUT2D eigenvalue weighted by Crippen LogP contribution is -2.38. The van der Waals surface area contributed by atoms with Crippen LogP contribution in [0.2, 0.25) is 0 Å². The van der Waals surface area contributed by atoms with Crippen LogP contribution >= 0.6 is 0 Å². The number of ether oxygens (including phenoxy) is 3. The Kier molecular flexibility index (Phi) is 5.07. The van der Waals surface area contributed by atoms with Gasteiger partial charge in [0.15, 0.2) is 11.5 Å². The van der Waals surface area contributed by atoms with Crippen molar-refractivity contribution in [1.29, 1.82) is 0 Å². The van der Waals surface area contributed by atoms with Gasteiger partial charge in [-0.2, -0.15) is 0 Å². The molecule has 0 aliphatic carbocycles. The first kappa shape index (κ1) is 19.5. The SMILES string of the molecule is COc1cc(C)c(C)cc1S(=O)(=O)NCC(C)(O)c1ccc2c(c1)OCO2. The summed E-state index contributed by atoms with van der Waals surface area (Å²) in [6.45, 7) is 5.15. The molecule has 2 N–H and O–H groups in total. The lowest BCUT2D eigenvalue weighted by molar-refractivity contribution is 0.0625. The van der Waals surface area contributed by atoms with E-state index in [-0.39, 0.29) is 24.0 Å². The van der Waals surface area contributed by atoms with Crippen molar-refractivity contribution >= 4 is 10.0 Å². The smallest absolute Gasteiger partial charge is 0.244 e. The third-order valence-corrected chi connectivity index (χ3v) is 6.09. The Morgan fingerprint density at radius 3 is 2.52 bits per heavy atom. The van der Waals surface area contributed by atoms with Crippen molar-refractivity contribution in [3.63, 3.8) is 0 Å². The molecule has 27 heavy (non-hydrogen) atoms. The van der Waals surface area contributed by atoms with Crippen LogP contribution in [0.3, 0.4) is 0 Å². The lowest BCUT2D eigenvalue weighted by Gasteiger charge is -2.25. The molecule has 0 bridgehead atoms. The molecule has 146 valence electrons. The first-order chi connectivity index (χ1) is 12.6. The van der Waals surface area contributed by atoms with Gasteiger partial charge in [-0.25, -0.2) is 13.1 Å². The Morgan fingerprint density at radius 1 is 1.15 bits per heavy atom. The Morgan fingerprint density at radius 2 is 1.81 bits per heavy atom. The number of methoxy groups -OCH3 is 1. The topological polar surface area (TPSA) is 94.1 Å². The van der Waals surface area contributed by atoms with Gasteiger partial charge >= 0.3 is 0 Å². The predicted molar refractivity (Wildman–Crippen MR) is 99.8 cm³/mol. The minimum absolute atomic E-state index is 0.0367. The van der Waals surface area contributed by atoms with E-state index in [0.717, 1.165) is 11.1 Å². The van der Waals surface area contributed by atoms with E-state index in [1.54, 1.807) is 30.3 Å². The normalized spacial score (nSPS) is 15.4. The van der Waals surface area contributed by atoms with Crippen molar-refractivity contribution in [3.05, 3.63) is 47.0 Å². The van der Waals surface area contributed by atoms with E-state index in [1.807, 2.05) is 13.8 Å². The van der Waals surface area contributed by atoms with Crippen LogP contribution in [0.5, 0.6) is 17.2 Å². The minimum atomic E-state index is -3.89. The number of fused-ring (bicyclic) bond motifs is 1. The maximum atomic E-state index is 12.8. The first-order valence-corrected chi connectivity index (χ1v) is 9.90. The molecular formula is C19H23NO6S. The molecule has 7 nitrogen and oxygen atoms in total. The summed E-state index contributed by atoms with van der Waals surface area (Å²) in [6, 6.07) is 8.25. The number of aryl methyl sites for hydroxylation is 2. The highest BCUT2D eigenvalue weighted by atomic mass is 32.2. The maximum Gasteiger partial charge on any atom is 0.244 e. The van der Waals surface area contributed by atoms with Gasteiger partial charge in [0.2, 0.25) is 16.8 Å². The van der Waals surface area contributed by atoms with Gasteiger partial charge in [0, 0.05) is 6.54 Å². The van der Waals surface area contributed by atoms with E-state index in [0.29, 0.717) is 17.1 Å². The van der Waals surface area contributed by atoms with E-state index in [9.17, 15) is 13.5 Å². The average molecular weight is 393 g/mol. The number of sulfonamides is 1. The third-order valence-electron chi connectivity index (χ3n) is 4.67. The molecule has 2 aromatic rings. The van der Waals surface area contributed by atoms with Crippen molar-refractivity contribution in [2.75, 3.05) is 20.4 Å². The van der Waals surface area contributed by atoms with E-state index in [1.165, 1.54) is 14.0 Å². The monoisotopic (exact) mass is 393 g/mol. The fourth-order valence-corrected chi connectivity index (χ4v) is 4.15. The quantitative estimate of drug-likeness (QED) is 0.782. The second-order valence-electron chi connectivity index (χ2n) is 6.75. The number of aliphatic hydroxyl groups is 1. The van der Waals surface area contributed by atoms with Gasteiger partial charge in [0.1, 0.15) is 16.2 Å². The van der Waals surface area contributed by atoms with Gasteiger partial charge in [0.25, 0.3) is 0 Å². The highest BCUT2D eigenvalue weighted by molar-refractivity contribution is 7.89. The number of rotatable bonds is 6. The molecule has 0 fully saturated rings. The van der Waals surface area contributed by atoms with Crippen LogP contribution in [0, 0.1) is 13.8 Å². The zero-order valence-corrected chi connectivity index (χ0v) is 16.5. The van der Waals surface area contributed by atoms with Gasteiger partial charge in [-0.1, -0.05) is 6.07 Å². The van der Waals surface area contributed by atoms with E-state index in [2.05, 4.69) is 4.72 Å². The van der Waals surface area contributed by atoms with Crippen LogP contribution < -0.4 is 18.9 Å². The molecule has 1 aliphatic rings. The molecule has 0 spiro atoms. The van der Waals surface area contributed by atoms with Crippen molar-refractivity contribution in [2.24, 2.45) is 0 Å². The summed E-state index contributed by atoms with van der Waals surface area (Å²) in [5.41, 5.74) is 0.833. The van der Waals surface area contributed by atoms with Crippen LogP contribution in [0.25, 0.3) is 0 Å². The molecule has 0 aromatic heterocycles. The molecule has 0 saturated heterocycles. The van der Waals surface area contributed by atoms with Crippen LogP contribution in [-0.2, 0) is 15.6 Å². The van der Waals surface area contributed by atoms with Crippen molar-refractivity contribution in [1.82, 2.24) is 4.72 Å². The zero-order chi connectivity index (χ0) is 19.8. The summed E-state index contributed by atoms with van der Waals surface area (Å²) in [5, 5.41) is 10.8. The third kappa shape index (κ3) is 3.87. The fraction of sp³-hybridized carbons (Fsp3) is 0.368. The second kappa shape index (κ2) is 7.03. The van der Waals surface area contributed by atoms with E-state index in [4.69, 9.17) is 14.2 Å². The van der Waals surface area contributed by atoms with Gasteiger partial charge in [0.05, 0.1) is 7.11 Å². The second-order valence-corrected chi connectivity index (χ2v) is 8.49. The molecule has 1 aliphatic heterocycles. The Labute approximate surface area is 158 Å². The van der Waals surface area contributed by atoms with E-state index < -0.39 is 15.6 Å².